The first-order valence-corrected chi connectivity index (χ1v) is 6.42. The van der Waals surface area contributed by atoms with Crippen LogP contribution in [0.15, 0.2) is 6.20 Å². The van der Waals surface area contributed by atoms with Gasteiger partial charge in [-0.25, -0.2) is 4.98 Å². The number of hydrogen-bond acceptors (Lipinski definition) is 4. The van der Waals surface area contributed by atoms with Gasteiger partial charge in [0.1, 0.15) is 0 Å². The summed E-state index contributed by atoms with van der Waals surface area (Å²) < 4.78 is 4.94. The van der Waals surface area contributed by atoms with Crippen LogP contribution in [0.4, 0.5) is 5.13 Å². The zero-order valence-electron chi connectivity index (χ0n) is 11.0. The van der Waals surface area contributed by atoms with E-state index in [4.69, 9.17) is 4.74 Å². The zero-order valence-corrected chi connectivity index (χ0v) is 11.9. The van der Waals surface area contributed by atoms with Gasteiger partial charge in [0.25, 0.3) is 0 Å². The Morgan fingerprint density at radius 3 is 2.71 bits per heavy atom. The number of aromatic nitrogens is 1. The molecule has 0 saturated carbocycles. The largest absolute Gasteiger partial charge is 0.384 e. The molecule has 1 atom stereocenters. The van der Waals surface area contributed by atoms with Crippen molar-refractivity contribution in [3.63, 3.8) is 0 Å². The van der Waals surface area contributed by atoms with Crippen molar-refractivity contribution in [2.24, 2.45) is 5.92 Å². The van der Waals surface area contributed by atoms with E-state index in [1.165, 1.54) is 11.3 Å². The second kappa shape index (κ2) is 5.60. The second-order valence-electron chi connectivity index (χ2n) is 5.13. The normalized spacial score (nSPS) is 13.5. The van der Waals surface area contributed by atoms with E-state index in [9.17, 15) is 4.79 Å². The van der Waals surface area contributed by atoms with Gasteiger partial charge in [-0.05, 0) is 5.41 Å². The predicted octanol–water partition coefficient (Wildman–Crippen LogP) is 2.66. The molecule has 1 rings (SSSR count). The summed E-state index contributed by atoms with van der Waals surface area (Å²) in [6.45, 7) is 8.62. The van der Waals surface area contributed by atoms with Gasteiger partial charge in [-0.2, -0.15) is 0 Å². The molecule has 0 aliphatic rings. The highest BCUT2D eigenvalue weighted by atomic mass is 32.1. The van der Waals surface area contributed by atoms with Crippen LogP contribution in [-0.4, -0.2) is 24.6 Å². The highest BCUT2D eigenvalue weighted by Gasteiger charge is 2.19. The van der Waals surface area contributed by atoms with Crippen LogP contribution in [0.3, 0.4) is 0 Å². The Morgan fingerprint density at radius 1 is 1.59 bits per heavy atom. The molecule has 1 amide bonds. The van der Waals surface area contributed by atoms with Crippen molar-refractivity contribution < 1.29 is 9.53 Å². The highest BCUT2D eigenvalue weighted by Crippen LogP contribution is 2.30. The SMILES string of the molecule is COCC(C)C(=O)Nc1ncc(C(C)(C)C)s1. The monoisotopic (exact) mass is 256 g/mol. The fourth-order valence-corrected chi connectivity index (χ4v) is 2.11. The summed E-state index contributed by atoms with van der Waals surface area (Å²) in [5.41, 5.74) is 0.0682. The first-order valence-electron chi connectivity index (χ1n) is 5.60. The van der Waals surface area contributed by atoms with Gasteiger partial charge in [0.2, 0.25) is 5.91 Å². The molecule has 0 spiro atoms. The lowest BCUT2D eigenvalue weighted by Crippen LogP contribution is -2.23. The molecule has 5 heteroatoms. The minimum atomic E-state index is -0.165. The maximum atomic E-state index is 11.7. The number of ether oxygens (including phenoxy) is 1. The number of hydrogen-bond donors (Lipinski definition) is 1. The van der Waals surface area contributed by atoms with Crippen LogP contribution in [-0.2, 0) is 14.9 Å². The number of carbonyl (C=O) groups excluding carboxylic acids is 1. The molecule has 1 unspecified atom stereocenters. The van der Waals surface area contributed by atoms with Gasteiger partial charge in [0.05, 0.1) is 12.5 Å². The van der Waals surface area contributed by atoms with Crippen molar-refractivity contribution in [3.05, 3.63) is 11.1 Å². The van der Waals surface area contributed by atoms with Crippen molar-refractivity contribution in [2.45, 2.75) is 33.1 Å². The molecule has 1 aromatic rings. The number of nitrogens with one attached hydrogen (secondary N) is 1. The van der Waals surface area contributed by atoms with Crippen molar-refractivity contribution in [3.8, 4) is 0 Å². The van der Waals surface area contributed by atoms with E-state index in [1.807, 2.05) is 13.1 Å². The number of methoxy groups -OCH3 is 1. The van der Waals surface area contributed by atoms with E-state index in [0.717, 1.165) is 4.88 Å². The predicted molar refractivity (Wildman–Crippen MR) is 70.5 cm³/mol. The van der Waals surface area contributed by atoms with Crippen molar-refractivity contribution in [1.82, 2.24) is 4.98 Å². The summed E-state index contributed by atoms with van der Waals surface area (Å²) in [6, 6.07) is 0. The molecule has 0 radical (unpaired) electrons. The first-order chi connectivity index (χ1) is 7.84. The van der Waals surface area contributed by atoms with Crippen LogP contribution >= 0.6 is 11.3 Å². The second-order valence-corrected chi connectivity index (χ2v) is 6.16. The number of carbonyl (C=O) groups is 1. The molecule has 96 valence electrons. The van der Waals surface area contributed by atoms with Crippen LogP contribution < -0.4 is 5.32 Å². The van der Waals surface area contributed by atoms with E-state index in [2.05, 4.69) is 31.1 Å². The number of nitrogens with zero attached hydrogens (tertiary/aromatic N) is 1. The zero-order chi connectivity index (χ0) is 13.1. The van der Waals surface area contributed by atoms with E-state index < -0.39 is 0 Å². The van der Waals surface area contributed by atoms with Gasteiger partial charge in [-0.15, -0.1) is 11.3 Å². The molecule has 0 saturated heterocycles. The van der Waals surface area contributed by atoms with Crippen LogP contribution in [0, 0.1) is 5.92 Å². The number of thiazole rings is 1. The summed E-state index contributed by atoms with van der Waals surface area (Å²) in [4.78, 5) is 17.1. The smallest absolute Gasteiger partial charge is 0.231 e. The Morgan fingerprint density at radius 2 is 2.24 bits per heavy atom. The Bertz CT molecular complexity index is 382. The van der Waals surface area contributed by atoms with E-state index in [-0.39, 0.29) is 17.2 Å². The lowest BCUT2D eigenvalue weighted by molar-refractivity contribution is -0.120. The minimum Gasteiger partial charge on any atom is -0.384 e. The Balaban J connectivity index is 2.64. The topological polar surface area (TPSA) is 51.2 Å². The molecule has 0 bridgehead atoms. The summed E-state index contributed by atoms with van der Waals surface area (Å²) >= 11 is 1.52. The summed E-state index contributed by atoms with van der Waals surface area (Å²) in [6.07, 6.45) is 1.82. The molecule has 0 aliphatic carbocycles. The fourth-order valence-electron chi connectivity index (χ4n) is 1.23. The third-order valence-corrected chi connectivity index (χ3v) is 3.68. The summed E-state index contributed by atoms with van der Waals surface area (Å²) in [5, 5.41) is 3.46. The number of anilines is 1. The average Bonchev–Trinajstić information content (AvgIpc) is 2.66. The third kappa shape index (κ3) is 4.09. The van der Waals surface area contributed by atoms with E-state index in [0.29, 0.717) is 11.7 Å². The van der Waals surface area contributed by atoms with E-state index >= 15 is 0 Å². The molecular weight excluding hydrogens is 236 g/mol. The van der Waals surface area contributed by atoms with Crippen LogP contribution in [0.5, 0.6) is 0 Å². The fraction of sp³-hybridized carbons (Fsp3) is 0.667. The van der Waals surface area contributed by atoms with Gasteiger partial charge >= 0.3 is 0 Å². The number of amides is 1. The quantitative estimate of drug-likeness (QED) is 0.901. The number of rotatable bonds is 4. The van der Waals surface area contributed by atoms with Crippen LogP contribution in [0.25, 0.3) is 0 Å². The van der Waals surface area contributed by atoms with Gasteiger partial charge < -0.3 is 10.1 Å². The van der Waals surface area contributed by atoms with Crippen LogP contribution in [0.1, 0.15) is 32.6 Å². The standard InChI is InChI=1S/C12H20N2O2S/c1-8(7-16-5)10(15)14-11-13-6-9(17-11)12(2,3)4/h6,8H,7H2,1-5H3,(H,13,14,15). The molecular formula is C12H20N2O2S. The maximum absolute atomic E-state index is 11.7. The lowest BCUT2D eigenvalue weighted by atomic mass is 9.96. The first kappa shape index (κ1) is 14.1. The molecule has 4 nitrogen and oxygen atoms in total. The van der Waals surface area contributed by atoms with Gasteiger partial charge in [-0.1, -0.05) is 27.7 Å². The Labute approximate surface area is 106 Å². The molecule has 17 heavy (non-hydrogen) atoms. The Hall–Kier alpha value is -0.940. The van der Waals surface area contributed by atoms with E-state index in [1.54, 1.807) is 7.11 Å². The molecule has 1 heterocycles. The van der Waals surface area contributed by atoms with Crippen molar-refractivity contribution in [2.75, 3.05) is 19.0 Å². The lowest BCUT2D eigenvalue weighted by Gasteiger charge is -2.14. The highest BCUT2D eigenvalue weighted by molar-refractivity contribution is 7.15. The van der Waals surface area contributed by atoms with Crippen molar-refractivity contribution >= 4 is 22.4 Å². The summed E-state index contributed by atoms with van der Waals surface area (Å²) in [7, 11) is 1.59. The molecule has 1 N–H and O–H groups in total. The molecule has 0 fully saturated rings. The summed E-state index contributed by atoms with van der Waals surface area (Å²) in [5.74, 6) is -0.219. The third-order valence-electron chi connectivity index (χ3n) is 2.34. The van der Waals surface area contributed by atoms with Gasteiger partial charge in [-0.3, -0.25) is 4.79 Å². The van der Waals surface area contributed by atoms with Gasteiger partial charge in [0, 0.05) is 18.2 Å². The van der Waals surface area contributed by atoms with Crippen molar-refractivity contribution in [1.29, 1.82) is 0 Å². The van der Waals surface area contributed by atoms with Gasteiger partial charge in [0.15, 0.2) is 5.13 Å². The minimum absolute atomic E-state index is 0.0540. The molecule has 0 aromatic carbocycles. The molecule has 1 aromatic heterocycles. The molecule has 0 aliphatic heterocycles. The van der Waals surface area contributed by atoms with Crippen LogP contribution in [0.2, 0.25) is 0 Å². The Kier molecular flexibility index (Phi) is 4.65. The average molecular weight is 256 g/mol. The maximum Gasteiger partial charge on any atom is 0.231 e.